The summed E-state index contributed by atoms with van der Waals surface area (Å²) in [6.45, 7) is 0.305. The van der Waals surface area contributed by atoms with Crippen LogP contribution in [0.4, 0.5) is 5.82 Å². The Morgan fingerprint density at radius 3 is 2.74 bits per heavy atom. The van der Waals surface area contributed by atoms with Gasteiger partial charge in [0, 0.05) is 30.4 Å². The lowest BCUT2D eigenvalue weighted by atomic mass is 10.1. The number of pyridine rings is 2. The zero-order valence-corrected chi connectivity index (χ0v) is 10.1. The van der Waals surface area contributed by atoms with Gasteiger partial charge in [-0.05, 0) is 11.6 Å². The van der Waals surface area contributed by atoms with Crippen molar-refractivity contribution in [3.05, 3.63) is 47.6 Å². The Balaban J connectivity index is 2.33. The van der Waals surface area contributed by atoms with Crippen LogP contribution in [0.5, 0.6) is 0 Å². The molecule has 2 heterocycles. The fourth-order valence-electron chi connectivity index (χ4n) is 1.63. The van der Waals surface area contributed by atoms with E-state index in [0.717, 1.165) is 11.1 Å². The summed E-state index contributed by atoms with van der Waals surface area (Å²) in [5.74, 6) is 0.440. The van der Waals surface area contributed by atoms with Crippen molar-refractivity contribution in [1.29, 1.82) is 5.26 Å². The maximum Gasteiger partial charge on any atom is 0.180 e. The number of nitriles is 1. The van der Waals surface area contributed by atoms with Crippen molar-refractivity contribution in [1.82, 2.24) is 4.98 Å². The lowest BCUT2D eigenvalue weighted by Crippen LogP contribution is -2.23. The molecule has 0 aliphatic rings. The topological polar surface area (TPSA) is 95.9 Å². The van der Waals surface area contributed by atoms with Crippen LogP contribution in [0, 0.1) is 16.5 Å². The zero-order valence-electron chi connectivity index (χ0n) is 10.1. The molecule has 0 aliphatic carbocycles. The third kappa shape index (κ3) is 2.97. The first kappa shape index (κ1) is 12.8. The van der Waals surface area contributed by atoms with Crippen LogP contribution in [0.2, 0.25) is 0 Å². The summed E-state index contributed by atoms with van der Waals surface area (Å²) in [7, 11) is 0. The maximum absolute atomic E-state index is 11.0. The molecule has 2 N–H and O–H groups in total. The molecule has 19 heavy (non-hydrogen) atoms. The Morgan fingerprint density at radius 2 is 2.11 bits per heavy atom. The van der Waals surface area contributed by atoms with Crippen molar-refractivity contribution in [2.75, 3.05) is 18.5 Å². The monoisotopic (exact) mass is 256 g/mol. The lowest BCUT2D eigenvalue weighted by molar-refractivity contribution is -0.605. The van der Waals surface area contributed by atoms with E-state index in [0.29, 0.717) is 22.7 Å². The highest BCUT2D eigenvalue weighted by Crippen LogP contribution is 2.21. The van der Waals surface area contributed by atoms with Gasteiger partial charge in [0.1, 0.15) is 11.9 Å². The highest BCUT2D eigenvalue weighted by molar-refractivity contribution is 5.67. The molecule has 6 heteroatoms. The van der Waals surface area contributed by atoms with Crippen LogP contribution in [0.1, 0.15) is 5.56 Å². The molecule has 0 saturated heterocycles. The molecule has 0 unspecified atom stereocenters. The van der Waals surface area contributed by atoms with Crippen molar-refractivity contribution in [2.24, 2.45) is 0 Å². The molecule has 0 amide bonds. The zero-order chi connectivity index (χ0) is 13.7. The van der Waals surface area contributed by atoms with Crippen molar-refractivity contribution >= 4 is 5.82 Å². The number of nitrogens with zero attached hydrogens (tertiary/aromatic N) is 3. The van der Waals surface area contributed by atoms with Gasteiger partial charge in [-0.1, -0.05) is 0 Å². The first-order valence-corrected chi connectivity index (χ1v) is 5.68. The lowest BCUT2D eigenvalue weighted by Gasteiger charge is -2.07. The normalized spacial score (nSPS) is 9.89. The molecule has 0 atom stereocenters. The summed E-state index contributed by atoms with van der Waals surface area (Å²) >= 11 is 0. The van der Waals surface area contributed by atoms with E-state index < -0.39 is 0 Å². The second kappa shape index (κ2) is 5.80. The van der Waals surface area contributed by atoms with E-state index in [1.807, 2.05) is 0 Å². The van der Waals surface area contributed by atoms with Crippen LogP contribution in [0.15, 0.2) is 36.8 Å². The van der Waals surface area contributed by atoms with Gasteiger partial charge in [-0.2, -0.15) is 9.99 Å². The van der Waals surface area contributed by atoms with Crippen LogP contribution in [-0.2, 0) is 0 Å². The molecule has 0 bridgehead atoms. The van der Waals surface area contributed by atoms with Gasteiger partial charge in [0.25, 0.3) is 0 Å². The van der Waals surface area contributed by atoms with Crippen LogP contribution in [0.3, 0.4) is 0 Å². The third-order valence-electron chi connectivity index (χ3n) is 2.55. The number of hydrogen-bond acceptors (Lipinski definition) is 5. The number of nitrogens with one attached hydrogen (secondary N) is 1. The van der Waals surface area contributed by atoms with Gasteiger partial charge in [-0.15, -0.1) is 0 Å². The van der Waals surface area contributed by atoms with Gasteiger partial charge in [0.15, 0.2) is 12.4 Å². The van der Waals surface area contributed by atoms with Crippen molar-refractivity contribution in [3.8, 4) is 17.2 Å². The molecule has 0 fully saturated rings. The van der Waals surface area contributed by atoms with Gasteiger partial charge in [0.2, 0.25) is 0 Å². The van der Waals surface area contributed by atoms with E-state index in [9.17, 15) is 5.21 Å². The maximum atomic E-state index is 11.0. The van der Waals surface area contributed by atoms with E-state index in [-0.39, 0.29) is 6.61 Å². The number of aromatic nitrogens is 2. The summed E-state index contributed by atoms with van der Waals surface area (Å²) in [5.41, 5.74) is 1.96. The molecule has 96 valence electrons. The molecule has 6 nitrogen and oxygen atoms in total. The molecular weight excluding hydrogens is 244 g/mol. The highest BCUT2D eigenvalue weighted by Gasteiger charge is 2.07. The molecule has 2 rings (SSSR count). The molecule has 0 aromatic carbocycles. The van der Waals surface area contributed by atoms with Gasteiger partial charge in [0.05, 0.1) is 12.2 Å². The largest absolute Gasteiger partial charge is 0.619 e. The second-order valence-corrected chi connectivity index (χ2v) is 3.83. The standard InChI is InChI=1S/C13H12N4O2/c14-8-11-7-12(9-16-13(11)15-3-6-18)10-1-4-17(19)5-2-10/h1-2,4-5,7,9,18H,3,6H2,(H,15,16). The van der Waals surface area contributed by atoms with Crippen molar-refractivity contribution in [3.63, 3.8) is 0 Å². The molecule has 0 radical (unpaired) electrons. The SMILES string of the molecule is N#Cc1cc(-c2cc[n+]([O-])cc2)cnc1NCCO. The quantitative estimate of drug-likeness (QED) is 0.618. The molecule has 2 aromatic heterocycles. The summed E-state index contributed by atoms with van der Waals surface area (Å²) < 4.78 is 0.694. The average molecular weight is 256 g/mol. The Hall–Kier alpha value is -2.65. The number of hydrogen-bond donors (Lipinski definition) is 2. The number of anilines is 1. The van der Waals surface area contributed by atoms with E-state index >= 15 is 0 Å². The number of aliphatic hydroxyl groups excluding tert-OH is 1. The third-order valence-corrected chi connectivity index (χ3v) is 2.55. The van der Waals surface area contributed by atoms with Gasteiger partial charge in [-0.3, -0.25) is 0 Å². The first-order chi connectivity index (χ1) is 9.24. The first-order valence-electron chi connectivity index (χ1n) is 5.68. The summed E-state index contributed by atoms with van der Waals surface area (Å²) in [6.07, 6.45) is 4.39. The minimum absolute atomic E-state index is 0.0313. The Labute approximate surface area is 110 Å². The summed E-state index contributed by atoms with van der Waals surface area (Å²) in [4.78, 5) is 4.16. The van der Waals surface area contributed by atoms with Gasteiger partial charge in [-0.25, -0.2) is 4.98 Å². The van der Waals surface area contributed by atoms with Crippen molar-refractivity contribution < 1.29 is 9.84 Å². The van der Waals surface area contributed by atoms with E-state index in [2.05, 4.69) is 16.4 Å². The molecule has 0 spiro atoms. The average Bonchev–Trinajstić information content (AvgIpc) is 2.46. The molecular formula is C13H12N4O2. The van der Waals surface area contributed by atoms with Crippen LogP contribution in [-0.4, -0.2) is 23.2 Å². The minimum atomic E-state index is -0.0313. The Kier molecular flexibility index (Phi) is 3.90. The number of rotatable bonds is 4. The number of aliphatic hydroxyl groups is 1. The summed E-state index contributed by atoms with van der Waals surface area (Å²) in [5, 5.41) is 31.7. The highest BCUT2D eigenvalue weighted by atomic mass is 16.5. The van der Waals surface area contributed by atoms with Crippen molar-refractivity contribution in [2.45, 2.75) is 0 Å². The van der Waals surface area contributed by atoms with Crippen LogP contribution in [0.25, 0.3) is 11.1 Å². The second-order valence-electron chi connectivity index (χ2n) is 3.83. The molecule has 0 aliphatic heterocycles. The van der Waals surface area contributed by atoms with E-state index in [4.69, 9.17) is 10.4 Å². The molecule has 2 aromatic rings. The van der Waals surface area contributed by atoms with Crippen LogP contribution >= 0.6 is 0 Å². The van der Waals surface area contributed by atoms with Crippen LogP contribution < -0.4 is 10.0 Å². The fraction of sp³-hybridized carbons (Fsp3) is 0.154. The van der Waals surface area contributed by atoms with Gasteiger partial charge >= 0.3 is 0 Å². The molecule has 0 saturated carbocycles. The smallest absolute Gasteiger partial charge is 0.180 e. The fourth-order valence-corrected chi connectivity index (χ4v) is 1.63. The van der Waals surface area contributed by atoms with E-state index in [1.54, 1.807) is 24.4 Å². The minimum Gasteiger partial charge on any atom is -0.619 e. The predicted octanol–water partition coefficient (Wildman–Crippen LogP) is 0.658. The Morgan fingerprint density at radius 1 is 1.37 bits per heavy atom. The Bertz CT molecular complexity index is 605. The van der Waals surface area contributed by atoms with E-state index in [1.165, 1.54) is 12.4 Å². The summed E-state index contributed by atoms with van der Waals surface area (Å²) in [6, 6.07) is 7.06. The predicted molar refractivity (Wildman–Crippen MR) is 68.9 cm³/mol. The van der Waals surface area contributed by atoms with Gasteiger partial charge < -0.3 is 15.6 Å².